The molecule has 3 rings (SSSR count). The number of aryl methyl sites for hydroxylation is 1. The zero-order chi connectivity index (χ0) is 18.7. The summed E-state index contributed by atoms with van der Waals surface area (Å²) in [5.74, 6) is 1.40. The van der Waals surface area contributed by atoms with Gasteiger partial charge in [0, 0.05) is 24.7 Å². The Morgan fingerprint density at radius 3 is 2.77 bits per heavy atom. The SMILES string of the molecule is CNC1CCCN(C(=O)c2sc(-c3ccc(OC)c(OC)c3)nc2C)C1. The number of nitrogens with zero attached hydrogens (tertiary/aromatic N) is 2. The number of hydrogen-bond donors (Lipinski definition) is 1. The predicted molar refractivity (Wildman–Crippen MR) is 103 cm³/mol. The van der Waals surface area contributed by atoms with Crippen molar-refractivity contribution in [2.75, 3.05) is 34.4 Å². The first-order valence-electron chi connectivity index (χ1n) is 8.73. The maximum atomic E-state index is 13.0. The molecule has 1 fully saturated rings. The molecule has 7 heteroatoms. The summed E-state index contributed by atoms with van der Waals surface area (Å²) in [6, 6.07) is 6.05. The van der Waals surface area contributed by atoms with Crippen LogP contribution in [0, 0.1) is 6.92 Å². The lowest BCUT2D eigenvalue weighted by molar-refractivity contribution is 0.0702. The van der Waals surface area contributed by atoms with Gasteiger partial charge in [0.25, 0.3) is 5.91 Å². The van der Waals surface area contributed by atoms with Crippen molar-refractivity contribution in [3.63, 3.8) is 0 Å². The van der Waals surface area contributed by atoms with E-state index < -0.39 is 0 Å². The highest BCUT2D eigenvalue weighted by molar-refractivity contribution is 7.17. The zero-order valence-electron chi connectivity index (χ0n) is 15.7. The van der Waals surface area contributed by atoms with Crippen molar-refractivity contribution in [2.45, 2.75) is 25.8 Å². The van der Waals surface area contributed by atoms with Gasteiger partial charge in [0.15, 0.2) is 11.5 Å². The molecule has 26 heavy (non-hydrogen) atoms. The molecule has 0 bridgehead atoms. The van der Waals surface area contributed by atoms with E-state index in [1.54, 1.807) is 14.2 Å². The number of likely N-dealkylation sites (tertiary alicyclic amines) is 1. The minimum Gasteiger partial charge on any atom is -0.493 e. The zero-order valence-corrected chi connectivity index (χ0v) is 16.5. The second-order valence-electron chi connectivity index (χ2n) is 6.38. The number of benzene rings is 1. The van der Waals surface area contributed by atoms with Gasteiger partial charge in [-0.25, -0.2) is 4.98 Å². The number of carbonyl (C=O) groups is 1. The summed E-state index contributed by atoms with van der Waals surface area (Å²) in [5.41, 5.74) is 1.69. The van der Waals surface area contributed by atoms with E-state index in [1.165, 1.54) is 11.3 Å². The molecular formula is C19H25N3O3S. The monoisotopic (exact) mass is 375 g/mol. The summed E-state index contributed by atoms with van der Waals surface area (Å²) in [5, 5.41) is 4.09. The molecule has 1 aromatic heterocycles. The van der Waals surface area contributed by atoms with E-state index in [-0.39, 0.29) is 5.91 Å². The minimum absolute atomic E-state index is 0.0756. The van der Waals surface area contributed by atoms with Crippen molar-refractivity contribution in [3.05, 3.63) is 28.8 Å². The number of rotatable bonds is 5. The van der Waals surface area contributed by atoms with E-state index in [0.29, 0.717) is 22.4 Å². The normalized spacial score (nSPS) is 17.2. The number of carbonyl (C=O) groups excluding carboxylic acids is 1. The van der Waals surface area contributed by atoms with Gasteiger partial charge in [0.2, 0.25) is 0 Å². The molecule has 1 atom stereocenters. The van der Waals surface area contributed by atoms with E-state index >= 15 is 0 Å². The topological polar surface area (TPSA) is 63.7 Å². The lowest BCUT2D eigenvalue weighted by atomic mass is 10.1. The molecule has 140 valence electrons. The van der Waals surface area contributed by atoms with Crippen LogP contribution in [0.5, 0.6) is 11.5 Å². The first-order chi connectivity index (χ1) is 12.6. The first kappa shape index (κ1) is 18.7. The summed E-state index contributed by atoms with van der Waals surface area (Å²) in [6.45, 7) is 3.45. The number of likely N-dealkylation sites (N-methyl/N-ethyl adjacent to an activating group) is 1. The van der Waals surface area contributed by atoms with Crippen molar-refractivity contribution >= 4 is 17.2 Å². The molecular weight excluding hydrogens is 350 g/mol. The third-order valence-corrected chi connectivity index (χ3v) is 5.93. The smallest absolute Gasteiger partial charge is 0.265 e. The van der Waals surface area contributed by atoms with Crippen molar-refractivity contribution in [3.8, 4) is 22.1 Å². The summed E-state index contributed by atoms with van der Waals surface area (Å²) in [7, 11) is 5.17. The molecule has 0 aliphatic carbocycles. The number of amides is 1. The van der Waals surface area contributed by atoms with E-state index in [2.05, 4.69) is 10.3 Å². The Kier molecular flexibility index (Phi) is 5.78. The van der Waals surface area contributed by atoms with Crippen LogP contribution in [-0.2, 0) is 0 Å². The van der Waals surface area contributed by atoms with Crippen LogP contribution in [0.2, 0.25) is 0 Å². The van der Waals surface area contributed by atoms with Gasteiger partial charge in [0.1, 0.15) is 9.88 Å². The van der Waals surface area contributed by atoms with Gasteiger partial charge in [-0.3, -0.25) is 4.79 Å². The van der Waals surface area contributed by atoms with E-state index in [0.717, 1.165) is 42.2 Å². The third kappa shape index (κ3) is 3.68. The highest BCUT2D eigenvalue weighted by atomic mass is 32.1. The van der Waals surface area contributed by atoms with Crippen molar-refractivity contribution in [1.82, 2.24) is 15.2 Å². The van der Waals surface area contributed by atoms with Crippen LogP contribution < -0.4 is 14.8 Å². The number of piperidine rings is 1. The molecule has 1 aliphatic rings. The number of nitrogens with one attached hydrogen (secondary N) is 1. The third-order valence-electron chi connectivity index (χ3n) is 4.74. The Morgan fingerprint density at radius 2 is 2.08 bits per heavy atom. The van der Waals surface area contributed by atoms with E-state index in [4.69, 9.17) is 9.47 Å². The Labute approximate surface area is 158 Å². The van der Waals surface area contributed by atoms with Gasteiger partial charge in [-0.1, -0.05) is 0 Å². The number of ether oxygens (including phenoxy) is 2. The maximum Gasteiger partial charge on any atom is 0.265 e. The van der Waals surface area contributed by atoms with Crippen molar-refractivity contribution < 1.29 is 14.3 Å². The summed E-state index contributed by atoms with van der Waals surface area (Å²) in [6.07, 6.45) is 2.14. The highest BCUT2D eigenvalue weighted by Gasteiger charge is 2.26. The second-order valence-corrected chi connectivity index (χ2v) is 7.38. The molecule has 1 aromatic carbocycles. The predicted octanol–water partition coefficient (Wildman–Crippen LogP) is 2.96. The van der Waals surface area contributed by atoms with E-state index in [9.17, 15) is 4.79 Å². The van der Waals surface area contributed by atoms with Crippen LogP contribution in [0.25, 0.3) is 10.6 Å². The standard InChI is InChI=1S/C19H25N3O3S/c1-12-17(19(23)22-9-5-6-14(11-22)20-2)26-18(21-12)13-7-8-15(24-3)16(10-13)25-4/h7-8,10,14,20H,5-6,9,11H2,1-4H3. The lowest BCUT2D eigenvalue weighted by Crippen LogP contribution is -2.46. The quantitative estimate of drug-likeness (QED) is 0.870. The average molecular weight is 375 g/mol. The fourth-order valence-corrected chi connectivity index (χ4v) is 4.26. The molecule has 0 spiro atoms. The van der Waals surface area contributed by atoms with E-state index in [1.807, 2.05) is 37.1 Å². The fraction of sp³-hybridized carbons (Fsp3) is 0.474. The average Bonchev–Trinajstić information content (AvgIpc) is 3.08. The maximum absolute atomic E-state index is 13.0. The first-order valence-corrected chi connectivity index (χ1v) is 9.55. The molecule has 0 saturated carbocycles. The number of aromatic nitrogens is 1. The molecule has 1 amide bonds. The van der Waals surface area contributed by atoms with Crippen LogP contribution >= 0.6 is 11.3 Å². The Balaban J connectivity index is 1.86. The second kappa shape index (κ2) is 8.05. The summed E-state index contributed by atoms with van der Waals surface area (Å²) >= 11 is 1.44. The lowest BCUT2D eigenvalue weighted by Gasteiger charge is -2.32. The minimum atomic E-state index is 0.0756. The van der Waals surface area contributed by atoms with Gasteiger partial charge in [0.05, 0.1) is 19.9 Å². The fourth-order valence-electron chi connectivity index (χ4n) is 3.23. The summed E-state index contributed by atoms with van der Waals surface area (Å²) < 4.78 is 10.7. The number of thiazole rings is 1. The van der Waals surface area contributed by atoms with Crippen LogP contribution in [-0.4, -0.2) is 56.2 Å². The molecule has 1 N–H and O–H groups in total. The van der Waals surface area contributed by atoms with Crippen LogP contribution in [0.1, 0.15) is 28.2 Å². The molecule has 1 aliphatic heterocycles. The molecule has 6 nitrogen and oxygen atoms in total. The van der Waals surface area contributed by atoms with Crippen molar-refractivity contribution in [2.24, 2.45) is 0 Å². The molecule has 0 radical (unpaired) electrons. The van der Waals surface area contributed by atoms with Crippen LogP contribution in [0.4, 0.5) is 0 Å². The largest absolute Gasteiger partial charge is 0.493 e. The van der Waals surface area contributed by atoms with Gasteiger partial charge in [-0.15, -0.1) is 11.3 Å². The van der Waals surface area contributed by atoms with Crippen molar-refractivity contribution in [1.29, 1.82) is 0 Å². The Morgan fingerprint density at radius 1 is 1.31 bits per heavy atom. The van der Waals surface area contributed by atoms with Crippen LogP contribution in [0.15, 0.2) is 18.2 Å². The van der Waals surface area contributed by atoms with Gasteiger partial charge in [-0.2, -0.15) is 0 Å². The van der Waals surface area contributed by atoms with Gasteiger partial charge in [-0.05, 0) is 45.0 Å². The molecule has 1 saturated heterocycles. The Hall–Kier alpha value is -2.12. The Bertz CT molecular complexity index is 790. The van der Waals surface area contributed by atoms with Crippen LogP contribution in [0.3, 0.4) is 0 Å². The molecule has 2 aromatic rings. The number of methoxy groups -OCH3 is 2. The van der Waals surface area contributed by atoms with Gasteiger partial charge >= 0.3 is 0 Å². The highest BCUT2D eigenvalue weighted by Crippen LogP contribution is 2.35. The molecule has 1 unspecified atom stereocenters. The van der Waals surface area contributed by atoms with Gasteiger partial charge < -0.3 is 19.7 Å². The molecule has 2 heterocycles. The summed E-state index contributed by atoms with van der Waals surface area (Å²) in [4.78, 5) is 20.2. The number of hydrogen-bond acceptors (Lipinski definition) is 6.